The zero-order valence-corrected chi connectivity index (χ0v) is 10.3. The Morgan fingerprint density at radius 3 is 2.56 bits per heavy atom. The molecule has 0 aliphatic heterocycles. The second-order valence-corrected chi connectivity index (χ2v) is 4.30. The van der Waals surface area contributed by atoms with Gasteiger partial charge in [0.1, 0.15) is 11.5 Å². The van der Waals surface area contributed by atoms with Gasteiger partial charge < -0.3 is 9.73 Å². The van der Waals surface area contributed by atoms with Crippen molar-refractivity contribution in [2.24, 2.45) is 0 Å². The molecule has 0 radical (unpaired) electrons. The lowest BCUT2D eigenvalue weighted by molar-refractivity contribution is 0.415. The quantitative estimate of drug-likeness (QED) is 0.896. The highest BCUT2D eigenvalue weighted by molar-refractivity contribution is 5.18. The van der Waals surface area contributed by atoms with E-state index in [0.29, 0.717) is 12.1 Å². The topological polar surface area (TPSA) is 25.2 Å². The molecule has 1 aromatic heterocycles. The fourth-order valence-corrected chi connectivity index (χ4v) is 1.71. The lowest BCUT2D eigenvalue weighted by atomic mass is 10.2. The predicted molar refractivity (Wildman–Crippen MR) is 65.1 cm³/mol. The minimum absolute atomic E-state index is 0.0202. The maximum absolute atomic E-state index is 13.0. The number of benzene rings is 1. The maximum atomic E-state index is 13.0. The van der Waals surface area contributed by atoms with E-state index in [9.17, 15) is 8.78 Å². The average Bonchev–Trinajstić information content (AvgIpc) is 2.77. The first kappa shape index (κ1) is 12.8. The van der Waals surface area contributed by atoms with Crippen LogP contribution in [0.25, 0.3) is 0 Å². The van der Waals surface area contributed by atoms with Crippen LogP contribution in [-0.2, 0) is 6.54 Å². The van der Waals surface area contributed by atoms with Gasteiger partial charge in [0, 0.05) is 6.54 Å². The van der Waals surface area contributed by atoms with E-state index in [1.807, 2.05) is 26.0 Å². The molecule has 0 aliphatic rings. The van der Waals surface area contributed by atoms with Crippen molar-refractivity contribution in [2.45, 2.75) is 26.4 Å². The molecule has 1 heterocycles. The van der Waals surface area contributed by atoms with Crippen molar-refractivity contribution >= 4 is 0 Å². The predicted octanol–water partition coefficient (Wildman–Crippen LogP) is 3.72. The molecule has 0 spiro atoms. The third-order valence-corrected chi connectivity index (χ3v) is 2.78. The number of rotatable bonds is 4. The molecule has 0 unspecified atom stereocenters. The van der Waals surface area contributed by atoms with E-state index >= 15 is 0 Å². The zero-order chi connectivity index (χ0) is 13.1. The van der Waals surface area contributed by atoms with Crippen LogP contribution >= 0.6 is 0 Å². The molecule has 0 saturated carbocycles. The summed E-state index contributed by atoms with van der Waals surface area (Å²) >= 11 is 0. The molecule has 0 aliphatic carbocycles. The molecule has 18 heavy (non-hydrogen) atoms. The van der Waals surface area contributed by atoms with E-state index in [0.717, 1.165) is 17.6 Å². The fourth-order valence-electron chi connectivity index (χ4n) is 1.71. The third kappa shape index (κ3) is 2.96. The van der Waals surface area contributed by atoms with Crippen LogP contribution in [0.2, 0.25) is 0 Å². The monoisotopic (exact) mass is 251 g/mol. The molecule has 0 saturated heterocycles. The van der Waals surface area contributed by atoms with Crippen LogP contribution < -0.4 is 5.32 Å². The Hall–Kier alpha value is -1.68. The lowest BCUT2D eigenvalue weighted by Gasteiger charge is -2.11. The van der Waals surface area contributed by atoms with Crippen LogP contribution in [0.4, 0.5) is 8.78 Å². The van der Waals surface area contributed by atoms with Gasteiger partial charge >= 0.3 is 0 Å². The Balaban J connectivity index is 1.97. The second-order valence-electron chi connectivity index (χ2n) is 4.30. The molecule has 2 aromatic rings. The molecular weight excluding hydrogens is 236 g/mol. The van der Waals surface area contributed by atoms with Crippen molar-refractivity contribution < 1.29 is 13.2 Å². The van der Waals surface area contributed by atoms with Crippen molar-refractivity contribution in [3.05, 3.63) is 59.1 Å². The summed E-state index contributed by atoms with van der Waals surface area (Å²) in [5.74, 6) is 0.0332. The van der Waals surface area contributed by atoms with Gasteiger partial charge in [-0.1, -0.05) is 6.07 Å². The highest BCUT2D eigenvalue weighted by Gasteiger charge is 2.09. The van der Waals surface area contributed by atoms with E-state index in [-0.39, 0.29) is 6.04 Å². The van der Waals surface area contributed by atoms with Crippen molar-refractivity contribution in [1.82, 2.24) is 5.32 Å². The minimum Gasteiger partial charge on any atom is -0.465 e. The molecule has 1 aromatic carbocycles. The Morgan fingerprint density at radius 2 is 1.94 bits per heavy atom. The number of nitrogens with one attached hydrogen (secondary N) is 1. The first-order chi connectivity index (χ1) is 8.56. The molecule has 96 valence electrons. The standard InChI is InChI=1S/C14H15F2NO/c1-9-3-6-14(18-9)10(2)17-8-11-4-5-12(15)13(16)7-11/h3-7,10,17H,8H2,1-2H3/t10-/m0/s1. The van der Waals surface area contributed by atoms with Gasteiger partial charge in [0.25, 0.3) is 0 Å². The summed E-state index contributed by atoms with van der Waals surface area (Å²) in [6.07, 6.45) is 0. The average molecular weight is 251 g/mol. The van der Waals surface area contributed by atoms with Crippen LogP contribution in [0.1, 0.15) is 30.0 Å². The molecule has 1 atom stereocenters. The Morgan fingerprint density at radius 1 is 1.17 bits per heavy atom. The summed E-state index contributed by atoms with van der Waals surface area (Å²) in [7, 11) is 0. The molecule has 2 nitrogen and oxygen atoms in total. The lowest BCUT2D eigenvalue weighted by Crippen LogP contribution is -2.17. The Bertz CT molecular complexity index is 536. The number of hydrogen-bond donors (Lipinski definition) is 1. The molecular formula is C14H15F2NO. The van der Waals surface area contributed by atoms with E-state index < -0.39 is 11.6 Å². The molecule has 4 heteroatoms. The smallest absolute Gasteiger partial charge is 0.159 e. The third-order valence-electron chi connectivity index (χ3n) is 2.78. The van der Waals surface area contributed by atoms with Gasteiger partial charge in [-0.2, -0.15) is 0 Å². The van der Waals surface area contributed by atoms with Crippen molar-refractivity contribution in [1.29, 1.82) is 0 Å². The Labute approximate surface area is 105 Å². The summed E-state index contributed by atoms with van der Waals surface area (Å²) < 4.78 is 31.2. The SMILES string of the molecule is Cc1ccc([C@H](C)NCc2ccc(F)c(F)c2)o1. The molecule has 0 bridgehead atoms. The van der Waals surface area contributed by atoms with Gasteiger partial charge in [0.15, 0.2) is 11.6 Å². The summed E-state index contributed by atoms with van der Waals surface area (Å²) in [4.78, 5) is 0. The van der Waals surface area contributed by atoms with Gasteiger partial charge in [-0.3, -0.25) is 0 Å². The maximum Gasteiger partial charge on any atom is 0.159 e. The van der Waals surface area contributed by atoms with Crippen molar-refractivity contribution in [2.75, 3.05) is 0 Å². The van der Waals surface area contributed by atoms with E-state index in [1.54, 1.807) is 6.07 Å². The molecule has 0 fully saturated rings. The minimum atomic E-state index is -0.826. The molecule has 0 amide bonds. The zero-order valence-electron chi connectivity index (χ0n) is 10.3. The number of halogens is 2. The first-order valence-corrected chi connectivity index (χ1v) is 5.80. The van der Waals surface area contributed by atoms with Crippen molar-refractivity contribution in [3.63, 3.8) is 0 Å². The van der Waals surface area contributed by atoms with Gasteiger partial charge in [-0.05, 0) is 43.7 Å². The van der Waals surface area contributed by atoms with Gasteiger partial charge in [-0.15, -0.1) is 0 Å². The van der Waals surface area contributed by atoms with Crippen LogP contribution in [0, 0.1) is 18.6 Å². The highest BCUT2D eigenvalue weighted by Crippen LogP contribution is 2.16. The van der Waals surface area contributed by atoms with Gasteiger partial charge in [0.05, 0.1) is 6.04 Å². The summed E-state index contributed by atoms with van der Waals surface area (Å²) in [6.45, 7) is 4.29. The van der Waals surface area contributed by atoms with E-state index in [2.05, 4.69) is 5.32 Å². The normalized spacial score (nSPS) is 12.7. The largest absolute Gasteiger partial charge is 0.465 e. The van der Waals surface area contributed by atoms with E-state index in [4.69, 9.17) is 4.42 Å². The number of furan rings is 1. The number of aryl methyl sites for hydroxylation is 1. The fraction of sp³-hybridized carbons (Fsp3) is 0.286. The molecule has 2 rings (SSSR count). The van der Waals surface area contributed by atoms with Crippen LogP contribution in [-0.4, -0.2) is 0 Å². The summed E-state index contributed by atoms with van der Waals surface area (Å²) in [5.41, 5.74) is 0.698. The van der Waals surface area contributed by atoms with Crippen LogP contribution in [0.15, 0.2) is 34.7 Å². The summed E-state index contributed by atoms with van der Waals surface area (Å²) in [6, 6.07) is 7.71. The Kier molecular flexibility index (Phi) is 3.77. The van der Waals surface area contributed by atoms with Gasteiger partial charge in [0.2, 0.25) is 0 Å². The molecule has 1 N–H and O–H groups in total. The highest BCUT2D eigenvalue weighted by atomic mass is 19.2. The summed E-state index contributed by atoms with van der Waals surface area (Å²) in [5, 5.41) is 3.19. The van der Waals surface area contributed by atoms with Crippen molar-refractivity contribution in [3.8, 4) is 0 Å². The second kappa shape index (κ2) is 5.31. The van der Waals surface area contributed by atoms with E-state index in [1.165, 1.54) is 6.07 Å². The first-order valence-electron chi connectivity index (χ1n) is 5.80. The van der Waals surface area contributed by atoms with Crippen LogP contribution in [0.5, 0.6) is 0 Å². The van der Waals surface area contributed by atoms with Gasteiger partial charge in [-0.25, -0.2) is 8.78 Å². The van der Waals surface area contributed by atoms with Crippen LogP contribution in [0.3, 0.4) is 0 Å². The number of hydrogen-bond acceptors (Lipinski definition) is 2.